The van der Waals surface area contributed by atoms with E-state index in [1.54, 1.807) is 25.6 Å². The van der Waals surface area contributed by atoms with Crippen molar-refractivity contribution in [2.24, 2.45) is 5.92 Å². The number of thioether (sulfide) groups is 1. The third-order valence-electron chi connectivity index (χ3n) is 1.75. The first kappa shape index (κ1) is 13.3. The highest BCUT2D eigenvalue weighted by atomic mass is 32.2. The van der Waals surface area contributed by atoms with Crippen LogP contribution in [0.4, 0.5) is 0 Å². The van der Waals surface area contributed by atoms with Gasteiger partial charge >= 0.3 is 5.97 Å². The van der Waals surface area contributed by atoms with Crippen LogP contribution in [0, 0.1) is 5.92 Å². The second-order valence-corrected chi connectivity index (χ2v) is 4.32. The zero-order chi connectivity index (χ0) is 11.1. The molecule has 0 fully saturated rings. The summed E-state index contributed by atoms with van der Waals surface area (Å²) in [4.78, 5) is 22.0. The number of nitrogens with one attached hydrogen (secondary N) is 1. The van der Waals surface area contributed by atoms with Gasteiger partial charge in [0.15, 0.2) is 0 Å². The molecule has 0 aliphatic carbocycles. The predicted molar refractivity (Wildman–Crippen MR) is 57.4 cm³/mol. The number of carbonyl (C=O) groups is 2. The molecule has 0 unspecified atom stereocenters. The monoisotopic (exact) mass is 219 g/mol. The highest BCUT2D eigenvalue weighted by Gasteiger charge is 2.20. The standard InChI is InChI=1S/C9H17NO3S/c1-6(2)8(11)10-7(9(12)13)4-5-14-3/h6-7H,4-5H2,1-3H3,(H,10,11)(H,12,13)/t7-/m1/s1. The molecule has 0 saturated carbocycles. The van der Waals surface area contributed by atoms with Gasteiger partial charge in [-0.05, 0) is 18.4 Å². The van der Waals surface area contributed by atoms with Crippen LogP contribution < -0.4 is 5.32 Å². The largest absolute Gasteiger partial charge is 0.480 e. The Morgan fingerprint density at radius 3 is 2.36 bits per heavy atom. The molecule has 82 valence electrons. The predicted octanol–water partition coefficient (Wildman–Crippen LogP) is 0.965. The van der Waals surface area contributed by atoms with Crippen molar-refractivity contribution in [2.45, 2.75) is 26.3 Å². The molecular formula is C9H17NO3S. The van der Waals surface area contributed by atoms with Crippen LogP contribution in [-0.4, -0.2) is 35.0 Å². The molecule has 5 heteroatoms. The molecule has 0 spiro atoms. The second-order valence-electron chi connectivity index (χ2n) is 3.34. The van der Waals surface area contributed by atoms with Gasteiger partial charge in [0.2, 0.25) is 5.91 Å². The molecule has 0 heterocycles. The lowest BCUT2D eigenvalue weighted by Gasteiger charge is -2.15. The van der Waals surface area contributed by atoms with Gasteiger partial charge in [-0.25, -0.2) is 4.79 Å². The molecule has 0 rings (SSSR count). The average Bonchev–Trinajstić information content (AvgIpc) is 2.10. The quantitative estimate of drug-likeness (QED) is 0.698. The number of amides is 1. The third-order valence-corrected chi connectivity index (χ3v) is 2.39. The molecule has 1 atom stereocenters. The van der Waals surface area contributed by atoms with E-state index in [1.807, 2.05) is 6.26 Å². The molecule has 4 nitrogen and oxygen atoms in total. The molecule has 0 aliphatic rings. The number of rotatable bonds is 6. The van der Waals surface area contributed by atoms with Crippen LogP contribution in [0.2, 0.25) is 0 Å². The number of carboxylic acid groups (broad SMARTS) is 1. The number of carbonyl (C=O) groups excluding carboxylic acids is 1. The average molecular weight is 219 g/mol. The molecule has 0 aromatic rings. The molecule has 0 aliphatic heterocycles. The van der Waals surface area contributed by atoms with Crippen molar-refractivity contribution in [2.75, 3.05) is 12.0 Å². The van der Waals surface area contributed by atoms with Crippen LogP contribution in [0.5, 0.6) is 0 Å². The molecule has 0 radical (unpaired) electrons. The Morgan fingerprint density at radius 1 is 1.43 bits per heavy atom. The Hall–Kier alpha value is -0.710. The smallest absolute Gasteiger partial charge is 0.326 e. The van der Waals surface area contributed by atoms with Crippen molar-refractivity contribution in [3.63, 3.8) is 0 Å². The van der Waals surface area contributed by atoms with Crippen LogP contribution in [0.25, 0.3) is 0 Å². The number of hydrogen-bond donors (Lipinski definition) is 2. The molecule has 0 aromatic heterocycles. The highest BCUT2D eigenvalue weighted by Crippen LogP contribution is 2.02. The third kappa shape index (κ3) is 5.11. The second kappa shape index (κ2) is 6.70. The molecular weight excluding hydrogens is 202 g/mol. The van der Waals surface area contributed by atoms with E-state index in [1.165, 1.54) is 0 Å². The summed E-state index contributed by atoms with van der Waals surface area (Å²) in [5.74, 6) is -0.618. The minimum atomic E-state index is -0.965. The first-order valence-electron chi connectivity index (χ1n) is 4.51. The van der Waals surface area contributed by atoms with E-state index in [0.717, 1.165) is 5.75 Å². The molecule has 0 bridgehead atoms. The zero-order valence-electron chi connectivity index (χ0n) is 8.74. The van der Waals surface area contributed by atoms with Gasteiger partial charge in [0.25, 0.3) is 0 Å². The topological polar surface area (TPSA) is 66.4 Å². The first-order chi connectivity index (χ1) is 6.49. The minimum Gasteiger partial charge on any atom is -0.480 e. The van der Waals surface area contributed by atoms with Crippen molar-refractivity contribution >= 4 is 23.6 Å². The molecule has 2 N–H and O–H groups in total. The summed E-state index contributed by atoms with van der Waals surface area (Å²) in [6.07, 6.45) is 2.37. The van der Waals surface area contributed by atoms with Gasteiger partial charge in [0.1, 0.15) is 6.04 Å². The Bertz CT molecular complexity index is 206. The summed E-state index contributed by atoms with van der Waals surface area (Å²) >= 11 is 1.57. The first-order valence-corrected chi connectivity index (χ1v) is 5.90. The van der Waals surface area contributed by atoms with E-state index in [0.29, 0.717) is 6.42 Å². The van der Waals surface area contributed by atoms with Gasteiger partial charge in [-0.2, -0.15) is 11.8 Å². The van der Waals surface area contributed by atoms with Gasteiger partial charge in [-0.15, -0.1) is 0 Å². The van der Waals surface area contributed by atoms with E-state index in [2.05, 4.69) is 5.32 Å². The van der Waals surface area contributed by atoms with Crippen LogP contribution in [0.3, 0.4) is 0 Å². The van der Waals surface area contributed by atoms with E-state index >= 15 is 0 Å². The fourth-order valence-electron chi connectivity index (χ4n) is 0.831. The SMILES string of the molecule is CSCC[C@@H](NC(=O)C(C)C)C(=O)O. The Morgan fingerprint density at radius 2 is 2.00 bits per heavy atom. The molecule has 14 heavy (non-hydrogen) atoms. The maximum atomic E-state index is 11.2. The summed E-state index contributed by atoms with van der Waals surface area (Å²) < 4.78 is 0. The summed E-state index contributed by atoms with van der Waals surface area (Å²) in [7, 11) is 0. The van der Waals surface area contributed by atoms with E-state index in [9.17, 15) is 9.59 Å². The van der Waals surface area contributed by atoms with Gasteiger partial charge in [-0.1, -0.05) is 13.8 Å². The summed E-state index contributed by atoms with van der Waals surface area (Å²) in [5.41, 5.74) is 0. The normalized spacial score (nSPS) is 12.6. The lowest BCUT2D eigenvalue weighted by molar-refractivity contribution is -0.142. The fourth-order valence-corrected chi connectivity index (χ4v) is 1.30. The minimum absolute atomic E-state index is 0.175. The van der Waals surface area contributed by atoms with Gasteiger partial charge in [-0.3, -0.25) is 4.79 Å². The van der Waals surface area contributed by atoms with Gasteiger partial charge < -0.3 is 10.4 Å². The fraction of sp³-hybridized carbons (Fsp3) is 0.778. The Labute approximate surface area is 88.4 Å². The Kier molecular flexibility index (Phi) is 6.36. The van der Waals surface area contributed by atoms with Crippen molar-refractivity contribution in [1.29, 1.82) is 0 Å². The van der Waals surface area contributed by atoms with Crippen LogP contribution >= 0.6 is 11.8 Å². The van der Waals surface area contributed by atoms with Crippen molar-refractivity contribution in [3.8, 4) is 0 Å². The van der Waals surface area contributed by atoms with Gasteiger partial charge in [0, 0.05) is 5.92 Å². The van der Waals surface area contributed by atoms with E-state index in [4.69, 9.17) is 5.11 Å². The summed E-state index contributed by atoms with van der Waals surface area (Å²) in [6, 6.07) is -0.752. The zero-order valence-corrected chi connectivity index (χ0v) is 9.56. The maximum absolute atomic E-state index is 11.2. The Balaban J connectivity index is 4.09. The van der Waals surface area contributed by atoms with E-state index in [-0.39, 0.29) is 11.8 Å². The van der Waals surface area contributed by atoms with E-state index < -0.39 is 12.0 Å². The molecule has 0 aromatic carbocycles. The van der Waals surface area contributed by atoms with Crippen LogP contribution in [0.15, 0.2) is 0 Å². The summed E-state index contributed by atoms with van der Waals surface area (Å²) in [5, 5.41) is 11.3. The van der Waals surface area contributed by atoms with Crippen molar-refractivity contribution < 1.29 is 14.7 Å². The molecule has 1 amide bonds. The number of hydrogen-bond acceptors (Lipinski definition) is 3. The van der Waals surface area contributed by atoms with Crippen LogP contribution in [-0.2, 0) is 9.59 Å². The number of aliphatic carboxylic acids is 1. The lowest BCUT2D eigenvalue weighted by atomic mass is 10.1. The maximum Gasteiger partial charge on any atom is 0.326 e. The lowest BCUT2D eigenvalue weighted by Crippen LogP contribution is -2.42. The van der Waals surface area contributed by atoms with Crippen LogP contribution in [0.1, 0.15) is 20.3 Å². The van der Waals surface area contributed by atoms with Crippen molar-refractivity contribution in [1.82, 2.24) is 5.32 Å². The highest BCUT2D eigenvalue weighted by molar-refractivity contribution is 7.98. The molecule has 0 saturated heterocycles. The number of carboxylic acids is 1. The van der Waals surface area contributed by atoms with Gasteiger partial charge in [0.05, 0.1) is 0 Å². The summed E-state index contributed by atoms with van der Waals surface area (Å²) in [6.45, 7) is 3.48. The van der Waals surface area contributed by atoms with Crippen molar-refractivity contribution in [3.05, 3.63) is 0 Å².